The molecule has 0 aliphatic carbocycles. The molecule has 0 spiro atoms. The Kier molecular flexibility index (Phi) is 5.11. The smallest absolute Gasteiger partial charge is 0.260 e. The number of amides is 1. The first-order chi connectivity index (χ1) is 12.7. The molecule has 2 N–H and O–H groups in total. The number of hydrogen-bond acceptors (Lipinski definition) is 5. The minimum atomic E-state index is -0.289. The van der Waals surface area contributed by atoms with Crippen molar-refractivity contribution in [3.63, 3.8) is 0 Å². The molecule has 0 fully saturated rings. The van der Waals surface area contributed by atoms with Crippen molar-refractivity contribution in [2.75, 3.05) is 17.7 Å². The Labute approximate surface area is 151 Å². The highest BCUT2D eigenvalue weighted by atomic mass is 16.5. The van der Waals surface area contributed by atoms with Crippen LogP contribution in [0.5, 0.6) is 5.75 Å². The molecule has 128 valence electrons. The highest BCUT2D eigenvalue weighted by Crippen LogP contribution is 2.20. The summed E-state index contributed by atoms with van der Waals surface area (Å²) in [5.74, 6) is 0.651. The maximum absolute atomic E-state index is 12.4. The molecule has 0 radical (unpaired) electrons. The van der Waals surface area contributed by atoms with Crippen LogP contribution in [0, 0.1) is 11.3 Å². The fourth-order valence-electron chi connectivity index (χ4n) is 2.35. The number of anilines is 3. The first kappa shape index (κ1) is 17.0. The van der Waals surface area contributed by atoms with Gasteiger partial charge in [-0.25, -0.2) is 4.98 Å². The van der Waals surface area contributed by atoms with Gasteiger partial charge in [-0.3, -0.25) is 4.79 Å². The van der Waals surface area contributed by atoms with Gasteiger partial charge in [0, 0.05) is 5.69 Å². The number of nitriles is 1. The van der Waals surface area contributed by atoms with E-state index in [0.717, 1.165) is 11.4 Å². The summed E-state index contributed by atoms with van der Waals surface area (Å²) in [4.78, 5) is 16.6. The average Bonchev–Trinajstić information content (AvgIpc) is 2.70. The van der Waals surface area contributed by atoms with Crippen LogP contribution in [-0.2, 0) is 0 Å². The molecule has 1 aromatic heterocycles. The first-order valence-corrected chi connectivity index (χ1v) is 7.87. The van der Waals surface area contributed by atoms with E-state index in [2.05, 4.69) is 21.7 Å². The van der Waals surface area contributed by atoms with Crippen molar-refractivity contribution in [2.24, 2.45) is 0 Å². The molecule has 0 aliphatic rings. The fraction of sp³-hybridized carbons (Fsp3) is 0.0500. The second kappa shape index (κ2) is 7.81. The average molecular weight is 344 g/mol. The summed E-state index contributed by atoms with van der Waals surface area (Å²) in [6.45, 7) is 0. The highest BCUT2D eigenvalue weighted by molar-refractivity contribution is 6.05. The number of ether oxygens (including phenoxy) is 1. The minimum Gasteiger partial charge on any atom is -0.496 e. The molecule has 3 rings (SSSR count). The van der Waals surface area contributed by atoms with Crippen molar-refractivity contribution in [3.05, 3.63) is 78.0 Å². The third-order valence-corrected chi connectivity index (χ3v) is 3.66. The van der Waals surface area contributed by atoms with E-state index in [1.807, 2.05) is 18.2 Å². The summed E-state index contributed by atoms with van der Waals surface area (Å²) >= 11 is 0. The van der Waals surface area contributed by atoms with Crippen LogP contribution >= 0.6 is 0 Å². The zero-order chi connectivity index (χ0) is 18.4. The van der Waals surface area contributed by atoms with Crippen molar-refractivity contribution >= 4 is 23.1 Å². The van der Waals surface area contributed by atoms with Gasteiger partial charge in [0.2, 0.25) is 0 Å². The molecule has 1 amide bonds. The van der Waals surface area contributed by atoms with Gasteiger partial charge in [0.25, 0.3) is 5.91 Å². The van der Waals surface area contributed by atoms with Gasteiger partial charge in [-0.15, -0.1) is 0 Å². The van der Waals surface area contributed by atoms with Gasteiger partial charge in [0.1, 0.15) is 11.6 Å². The Balaban J connectivity index is 1.67. The molecular formula is C20H16N4O2. The number of hydrogen-bond donors (Lipinski definition) is 2. The van der Waals surface area contributed by atoms with E-state index in [0.29, 0.717) is 22.7 Å². The fourth-order valence-corrected chi connectivity index (χ4v) is 2.35. The van der Waals surface area contributed by atoms with Gasteiger partial charge < -0.3 is 15.4 Å². The number of para-hydroxylation sites is 1. The lowest BCUT2D eigenvalue weighted by Gasteiger charge is -2.10. The van der Waals surface area contributed by atoms with E-state index in [-0.39, 0.29) is 5.91 Å². The van der Waals surface area contributed by atoms with E-state index in [4.69, 9.17) is 10.00 Å². The Bertz CT molecular complexity index is 945. The predicted molar refractivity (Wildman–Crippen MR) is 99.6 cm³/mol. The molecule has 0 unspecified atom stereocenters. The second-order valence-electron chi connectivity index (χ2n) is 5.40. The highest BCUT2D eigenvalue weighted by Gasteiger charge is 2.12. The molecule has 0 bridgehead atoms. The largest absolute Gasteiger partial charge is 0.496 e. The van der Waals surface area contributed by atoms with Crippen molar-refractivity contribution in [1.82, 2.24) is 4.98 Å². The van der Waals surface area contributed by atoms with Crippen LogP contribution in [0.1, 0.15) is 15.9 Å². The zero-order valence-electron chi connectivity index (χ0n) is 14.1. The predicted octanol–water partition coefficient (Wildman–Crippen LogP) is 3.96. The quantitative estimate of drug-likeness (QED) is 0.731. The molecule has 3 aromatic rings. The van der Waals surface area contributed by atoms with E-state index >= 15 is 0 Å². The van der Waals surface area contributed by atoms with E-state index in [1.165, 1.54) is 7.11 Å². The van der Waals surface area contributed by atoms with Crippen LogP contribution in [-0.4, -0.2) is 18.0 Å². The lowest BCUT2D eigenvalue weighted by atomic mass is 10.2. The van der Waals surface area contributed by atoms with Gasteiger partial charge in [-0.05, 0) is 48.5 Å². The van der Waals surface area contributed by atoms with Crippen LogP contribution < -0.4 is 15.4 Å². The van der Waals surface area contributed by atoms with Gasteiger partial charge in [-0.2, -0.15) is 5.26 Å². The number of carbonyl (C=O) groups excluding carboxylic acids is 1. The maximum Gasteiger partial charge on any atom is 0.260 e. The topological polar surface area (TPSA) is 87.0 Å². The summed E-state index contributed by atoms with van der Waals surface area (Å²) in [7, 11) is 1.52. The summed E-state index contributed by atoms with van der Waals surface area (Å²) in [6, 6.07) is 19.7. The summed E-state index contributed by atoms with van der Waals surface area (Å²) in [5, 5.41) is 14.7. The molecule has 0 saturated carbocycles. The minimum absolute atomic E-state index is 0.289. The van der Waals surface area contributed by atoms with Gasteiger partial charge in [-0.1, -0.05) is 12.1 Å². The lowest BCUT2D eigenvalue weighted by molar-refractivity contribution is 0.102. The third-order valence-electron chi connectivity index (χ3n) is 3.66. The molecule has 26 heavy (non-hydrogen) atoms. The van der Waals surface area contributed by atoms with Crippen LogP contribution in [0.4, 0.5) is 17.2 Å². The van der Waals surface area contributed by atoms with Crippen molar-refractivity contribution in [1.29, 1.82) is 5.26 Å². The Morgan fingerprint density at radius 2 is 1.77 bits per heavy atom. The second-order valence-corrected chi connectivity index (χ2v) is 5.40. The Hall–Kier alpha value is -3.85. The van der Waals surface area contributed by atoms with Crippen molar-refractivity contribution < 1.29 is 9.53 Å². The third kappa shape index (κ3) is 3.97. The summed E-state index contributed by atoms with van der Waals surface area (Å²) in [5.41, 5.74) is 2.65. The Morgan fingerprint density at radius 1 is 1.04 bits per heavy atom. The van der Waals surface area contributed by atoms with Crippen molar-refractivity contribution in [3.8, 4) is 11.8 Å². The number of nitrogens with one attached hydrogen (secondary N) is 2. The molecule has 2 aromatic carbocycles. The molecule has 0 saturated heterocycles. The van der Waals surface area contributed by atoms with Crippen LogP contribution in [0.3, 0.4) is 0 Å². The monoisotopic (exact) mass is 344 g/mol. The van der Waals surface area contributed by atoms with E-state index < -0.39 is 0 Å². The number of aromatic nitrogens is 1. The zero-order valence-corrected chi connectivity index (χ0v) is 14.1. The summed E-state index contributed by atoms with van der Waals surface area (Å²) < 4.78 is 5.19. The number of benzene rings is 2. The molecule has 6 nitrogen and oxygen atoms in total. The van der Waals surface area contributed by atoms with Gasteiger partial charge in [0.15, 0.2) is 0 Å². The van der Waals surface area contributed by atoms with Crippen molar-refractivity contribution in [2.45, 2.75) is 0 Å². The SMILES string of the molecule is COc1ccccc1C(=O)Nc1ccc(Nc2ccc(C#N)cc2)cn1. The maximum atomic E-state index is 12.4. The molecule has 0 atom stereocenters. The van der Waals surface area contributed by atoms with Gasteiger partial charge >= 0.3 is 0 Å². The number of methoxy groups -OCH3 is 1. The van der Waals surface area contributed by atoms with E-state index in [1.54, 1.807) is 48.7 Å². The number of rotatable bonds is 5. The summed E-state index contributed by atoms with van der Waals surface area (Å²) in [6.07, 6.45) is 1.62. The number of carbonyl (C=O) groups is 1. The Morgan fingerprint density at radius 3 is 2.42 bits per heavy atom. The van der Waals surface area contributed by atoms with Crippen LogP contribution in [0.15, 0.2) is 66.9 Å². The molecule has 1 heterocycles. The standard InChI is InChI=1S/C20H16N4O2/c1-26-18-5-3-2-4-17(18)20(25)24-19-11-10-16(13-22-19)23-15-8-6-14(12-21)7-9-15/h2-11,13,23H,1H3,(H,22,24,25). The number of pyridine rings is 1. The number of nitrogens with zero attached hydrogens (tertiary/aromatic N) is 2. The van der Waals surface area contributed by atoms with Gasteiger partial charge in [0.05, 0.1) is 36.2 Å². The first-order valence-electron chi connectivity index (χ1n) is 7.87. The molecule has 0 aliphatic heterocycles. The van der Waals surface area contributed by atoms with E-state index in [9.17, 15) is 4.79 Å². The lowest BCUT2D eigenvalue weighted by Crippen LogP contribution is -2.14. The molecule has 6 heteroatoms. The normalized spacial score (nSPS) is 9.85. The van der Waals surface area contributed by atoms with Crippen LogP contribution in [0.25, 0.3) is 0 Å². The molecular weight excluding hydrogens is 328 g/mol. The van der Waals surface area contributed by atoms with Crippen LogP contribution in [0.2, 0.25) is 0 Å².